The lowest BCUT2D eigenvalue weighted by Gasteiger charge is -2.08. The van der Waals surface area contributed by atoms with Gasteiger partial charge in [-0.1, -0.05) is 30.3 Å². The molecular formula is C24H22FN3O. The van der Waals surface area contributed by atoms with Gasteiger partial charge >= 0.3 is 0 Å². The van der Waals surface area contributed by atoms with Crippen LogP contribution in [0, 0.1) is 0 Å². The number of aromatic nitrogens is 3. The van der Waals surface area contributed by atoms with Gasteiger partial charge in [0.1, 0.15) is 24.2 Å². The lowest BCUT2D eigenvalue weighted by atomic mass is 10.0. The van der Waals surface area contributed by atoms with Crippen molar-refractivity contribution in [3.63, 3.8) is 0 Å². The van der Waals surface area contributed by atoms with E-state index in [-0.39, 0.29) is 6.54 Å². The molecule has 0 aliphatic rings. The van der Waals surface area contributed by atoms with Crippen LogP contribution >= 0.6 is 0 Å². The van der Waals surface area contributed by atoms with Crippen molar-refractivity contribution >= 4 is 0 Å². The van der Waals surface area contributed by atoms with Crippen molar-refractivity contribution in [2.24, 2.45) is 0 Å². The van der Waals surface area contributed by atoms with Gasteiger partial charge in [0.15, 0.2) is 0 Å². The maximum atomic E-state index is 13.5. The Morgan fingerprint density at radius 2 is 1.66 bits per heavy atom. The van der Waals surface area contributed by atoms with Gasteiger partial charge in [-0.3, -0.25) is 9.67 Å². The van der Waals surface area contributed by atoms with Crippen LogP contribution in [-0.4, -0.2) is 20.9 Å². The van der Waals surface area contributed by atoms with Gasteiger partial charge in [0.25, 0.3) is 0 Å². The first-order chi connectivity index (χ1) is 14.2. The molecule has 29 heavy (non-hydrogen) atoms. The predicted molar refractivity (Wildman–Crippen MR) is 112 cm³/mol. The lowest BCUT2D eigenvalue weighted by Crippen LogP contribution is -2.07. The van der Waals surface area contributed by atoms with E-state index in [4.69, 9.17) is 4.74 Å². The van der Waals surface area contributed by atoms with Gasteiger partial charge in [-0.2, -0.15) is 5.10 Å². The van der Waals surface area contributed by atoms with E-state index in [1.807, 2.05) is 72.9 Å². The molecule has 5 heteroatoms. The second kappa shape index (κ2) is 8.69. The number of halogens is 1. The molecule has 2 aromatic heterocycles. The summed E-state index contributed by atoms with van der Waals surface area (Å²) in [7, 11) is 0. The topological polar surface area (TPSA) is 39.9 Å². The molecule has 0 radical (unpaired) electrons. The molecule has 4 rings (SSSR count). The molecule has 2 heterocycles. The van der Waals surface area contributed by atoms with E-state index in [0.717, 1.165) is 33.7 Å². The van der Waals surface area contributed by atoms with Crippen LogP contribution in [0.4, 0.5) is 4.39 Å². The number of benzene rings is 2. The fourth-order valence-electron chi connectivity index (χ4n) is 3.18. The Balaban J connectivity index is 1.59. The minimum atomic E-state index is -0.971. The first-order valence-corrected chi connectivity index (χ1v) is 9.58. The number of pyridine rings is 1. The van der Waals surface area contributed by atoms with Gasteiger partial charge in [-0.15, -0.1) is 0 Å². The molecule has 2 aromatic carbocycles. The third-order valence-corrected chi connectivity index (χ3v) is 4.57. The largest absolute Gasteiger partial charge is 0.489 e. The average molecular weight is 387 g/mol. The Morgan fingerprint density at radius 1 is 0.931 bits per heavy atom. The molecule has 0 saturated heterocycles. The maximum Gasteiger partial charge on any atom is 0.119 e. The summed E-state index contributed by atoms with van der Waals surface area (Å²) in [5, 5.41) is 4.64. The van der Waals surface area contributed by atoms with Crippen LogP contribution in [0.1, 0.15) is 12.5 Å². The second-order valence-electron chi connectivity index (χ2n) is 6.93. The van der Waals surface area contributed by atoms with Crippen LogP contribution in [0.3, 0.4) is 0 Å². The number of alkyl halides is 1. The smallest absolute Gasteiger partial charge is 0.119 e. The van der Waals surface area contributed by atoms with E-state index >= 15 is 0 Å². The maximum absolute atomic E-state index is 13.5. The lowest BCUT2D eigenvalue weighted by molar-refractivity contribution is 0.306. The fraction of sp³-hybridized carbons (Fsp3) is 0.167. The highest BCUT2D eigenvalue weighted by Gasteiger charge is 2.14. The zero-order valence-corrected chi connectivity index (χ0v) is 16.2. The van der Waals surface area contributed by atoms with Crippen LogP contribution < -0.4 is 4.74 Å². The third kappa shape index (κ3) is 4.69. The number of nitrogens with zero attached hydrogens (tertiary/aromatic N) is 3. The standard InChI is InChI=1S/C24H22FN3O/c1-18(25)15-28-16-23(20-11-13-26-14-12-20)24(27-28)21-7-9-22(10-8-21)29-17-19-5-3-2-4-6-19/h2-14,16,18H,15,17H2,1H3. The van der Waals surface area contributed by atoms with E-state index < -0.39 is 6.17 Å². The van der Waals surface area contributed by atoms with E-state index in [2.05, 4.69) is 10.1 Å². The first-order valence-electron chi connectivity index (χ1n) is 9.58. The van der Waals surface area contributed by atoms with Crippen molar-refractivity contribution in [2.75, 3.05) is 0 Å². The summed E-state index contributed by atoms with van der Waals surface area (Å²) in [6.45, 7) is 2.27. The Bertz CT molecular complexity index is 1040. The Labute approximate surface area is 169 Å². The normalized spacial score (nSPS) is 11.9. The number of hydrogen-bond donors (Lipinski definition) is 0. The Hall–Kier alpha value is -3.47. The molecule has 0 spiro atoms. The first kappa shape index (κ1) is 18.9. The van der Waals surface area contributed by atoms with E-state index in [1.54, 1.807) is 17.1 Å². The van der Waals surface area contributed by atoms with Crippen LogP contribution in [0.15, 0.2) is 85.3 Å². The summed E-state index contributed by atoms with van der Waals surface area (Å²) in [5.41, 5.74) is 4.83. The second-order valence-corrected chi connectivity index (χ2v) is 6.93. The van der Waals surface area contributed by atoms with Gasteiger partial charge in [0.2, 0.25) is 0 Å². The zero-order valence-electron chi connectivity index (χ0n) is 16.2. The molecule has 4 aromatic rings. The van der Waals surface area contributed by atoms with Gasteiger partial charge in [-0.05, 0) is 54.4 Å². The van der Waals surface area contributed by atoms with Crippen LogP contribution in [0.2, 0.25) is 0 Å². The van der Waals surface area contributed by atoms with Crippen LogP contribution in [0.25, 0.3) is 22.4 Å². The summed E-state index contributed by atoms with van der Waals surface area (Å²) in [6, 6.07) is 21.8. The van der Waals surface area contributed by atoms with Gasteiger partial charge in [-0.25, -0.2) is 4.39 Å². The van der Waals surface area contributed by atoms with Crippen molar-refractivity contribution in [1.29, 1.82) is 0 Å². The zero-order chi connectivity index (χ0) is 20.1. The van der Waals surface area contributed by atoms with Gasteiger partial charge in [0, 0.05) is 29.7 Å². The molecule has 1 unspecified atom stereocenters. The van der Waals surface area contributed by atoms with Crippen molar-refractivity contribution in [3.05, 3.63) is 90.9 Å². The monoisotopic (exact) mass is 387 g/mol. The predicted octanol–water partition coefficient (Wildman–Crippen LogP) is 5.55. The quantitative estimate of drug-likeness (QED) is 0.417. The van der Waals surface area contributed by atoms with E-state index in [0.29, 0.717) is 6.61 Å². The molecule has 0 amide bonds. The summed E-state index contributed by atoms with van der Waals surface area (Å²) in [6.07, 6.45) is 4.41. The minimum Gasteiger partial charge on any atom is -0.489 e. The highest BCUT2D eigenvalue weighted by Crippen LogP contribution is 2.32. The minimum absolute atomic E-state index is 0.219. The van der Waals surface area contributed by atoms with Crippen LogP contribution in [0.5, 0.6) is 5.75 Å². The highest BCUT2D eigenvalue weighted by molar-refractivity contribution is 5.80. The van der Waals surface area contributed by atoms with E-state index in [9.17, 15) is 4.39 Å². The molecule has 0 bridgehead atoms. The molecular weight excluding hydrogens is 365 g/mol. The van der Waals surface area contributed by atoms with Crippen molar-refractivity contribution in [1.82, 2.24) is 14.8 Å². The summed E-state index contributed by atoms with van der Waals surface area (Å²) in [5.74, 6) is 0.792. The summed E-state index contributed by atoms with van der Waals surface area (Å²) in [4.78, 5) is 4.08. The Morgan fingerprint density at radius 3 is 2.34 bits per heavy atom. The van der Waals surface area contributed by atoms with Crippen LogP contribution in [-0.2, 0) is 13.2 Å². The molecule has 0 N–H and O–H groups in total. The average Bonchev–Trinajstić information content (AvgIpc) is 3.17. The molecule has 1 atom stereocenters. The fourth-order valence-corrected chi connectivity index (χ4v) is 3.18. The molecule has 4 nitrogen and oxygen atoms in total. The summed E-state index contributed by atoms with van der Waals surface area (Å²) >= 11 is 0. The Kier molecular flexibility index (Phi) is 5.66. The van der Waals surface area contributed by atoms with E-state index in [1.165, 1.54) is 6.92 Å². The van der Waals surface area contributed by atoms with Gasteiger partial charge < -0.3 is 4.74 Å². The molecule has 0 aliphatic carbocycles. The number of hydrogen-bond acceptors (Lipinski definition) is 3. The van der Waals surface area contributed by atoms with Gasteiger partial charge in [0.05, 0.1) is 6.54 Å². The van der Waals surface area contributed by atoms with Crippen molar-refractivity contribution in [2.45, 2.75) is 26.2 Å². The SMILES string of the molecule is CC(F)Cn1cc(-c2ccncc2)c(-c2ccc(OCc3ccccc3)cc2)n1. The molecule has 0 saturated carbocycles. The summed E-state index contributed by atoms with van der Waals surface area (Å²) < 4.78 is 21.1. The van der Waals surface area contributed by atoms with Crippen molar-refractivity contribution in [3.8, 4) is 28.1 Å². The molecule has 146 valence electrons. The highest BCUT2D eigenvalue weighted by atomic mass is 19.1. The number of ether oxygens (including phenoxy) is 1. The third-order valence-electron chi connectivity index (χ3n) is 4.57. The van der Waals surface area contributed by atoms with Crippen molar-refractivity contribution < 1.29 is 9.13 Å². The number of rotatable bonds is 7. The molecule has 0 aliphatic heterocycles. The molecule has 0 fully saturated rings.